The van der Waals surface area contributed by atoms with E-state index in [1.165, 1.54) is 0 Å². The van der Waals surface area contributed by atoms with Crippen molar-refractivity contribution in [3.63, 3.8) is 0 Å². The maximum Gasteiger partial charge on any atom is 0.309 e. The van der Waals surface area contributed by atoms with Crippen LogP contribution in [0.15, 0.2) is 84.9 Å². The number of hydrogen-bond acceptors (Lipinski definition) is 7. The van der Waals surface area contributed by atoms with Gasteiger partial charge in [0.2, 0.25) is 11.8 Å². The molecule has 4 N–H and O–H groups in total. The van der Waals surface area contributed by atoms with Crippen LogP contribution in [0.5, 0.6) is 0 Å². The van der Waals surface area contributed by atoms with Crippen molar-refractivity contribution >= 4 is 40.2 Å². The molecular formula is C34H39N3O7. The average molecular weight is 602 g/mol. The second-order valence-corrected chi connectivity index (χ2v) is 10.7. The minimum Gasteiger partial charge on any atom is -0.463 e. The predicted molar refractivity (Wildman–Crippen MR) is 166 cm³/mol. The SMILES string of the molecule is O=C(CC1CC=CCC(Cc2ccccc2)C(=O)OCC(C(=O)Nc2ccc3ccccc3c2)NC1=O)NCCOCCO. The van der Waals surface area contributed by atoms with Gasteiger partial charge in [0.15, 0.2) is 0 Å². The van der Waals surface area contributed by atoms with Crippen molar-refractivity contribution in [1.82, 2.24) is 10.6 Å². The van der Waals surface area contributed by atoms with Gasteiger partial charge in [-0.15, -0.1) is 0 Å². The lowest BCUT2D eigenvalue weighted by molar-refractivity contribution is -0.150. The summed E-state index contributed by atoms with van der Waals surface area (Å²) < 4.78 is 10.8. The first kappa shape index (κ1) is 32.4. The molecule has 3 amide bonds. The van der Waals surface area contributed by atoms with Gasteiger partial charge in [0.25, 0.3) is 5.91 Å². The number of allylic oxidation sites excluding steroid dienone is 2. The van der Waals surface area contributed by atoms with Crippen LogP contribution in [0.3, 0.4) is 0 Å². The second-order valence-electron chi connectivity index (χ2n) is 10.7. The first-order chi connectivity index (χ1) is 21.4. The van der Waals surface area contributed by atoms with Crippen LogP contribution in [-0.2, 0) is 35.1 Å². The first-order valence-corrected chi connectivity index (χ1v) is 14.8. The van der Waals surface area contributed by atoms with Gasteiger partial charge in [-0.3, -0.25) is 19.2 Å². The fraction of sp³-hybridized carbons (Fsp3) is 0.353. The van der Waals surface area contributed by atoms with E-state index in [0.29, 0.717) is 18.5 Å². The molecule has 1 heterocycles. The summed E-state index contributed by atoms with van der Waals surface area (Å²) in [5.74, 6) is -3.10. The molecule has 1 aliphatic heterocycles. The molecule has 3 aromatic rings. The number of rotatable bonds is 11. The van der Waals surface area contributed by atoms with Gasteiger partial charge in [0, 0.05) is 18.7 Å². The predicted octanol–water partition coefficient (Wildman–Crippen LogP) is 3.15. The molecule has 44 heavy (non-hydrogen) atoms. The highest BCUT2D eigenvalue weighted by Crippen LogP contribution is 2.21. The van der Waals surface area contributed by atoms with Gasteiger partial charge < -0.3 is 30.5 Å². The monoisotopic (exact) mass is 601 g/mol. The van der Waals surface area contributed by atoms with Gasteiger partial charge >= 0.3 is 5.97 Å². The van der Waals surface area contributed by atoms with Crippen molar-refractivity contribution in [2.24, 2.45) is 11.8 Å². The van der Waals surface area contributed by atoms with Crippen molar-refractivity contribution in [2.75, 3.05) is 38.3 Å². The zero-order chi connectivity index (χ0) is 31.1. The number of ether oxygens (including phenoxy) is 2. The molecule has 10 heteroatoms. The summed E-state index contributed by atoms with van der Waals surface area (Å²) in [5, 5.41) is 19.0. The number of carbonyl (C=O) groups excluding carboxylic acids is 4. The highest BCUT2D eigenvalue weighted by Gasteiger charge is 2.30. The van der Waals surface area contributed by atoms with Crippen LogP contribution in [0.1, 0.15) is 24.8 Å². The normalized spacial score (nSPS) is 19.2. The van der Waals surface area contributed by atoms with Crippen LogP contribution in [0.25, 0.3) is 10.8 Å². The molecule has 1 aliphatic rings. The minimum absolute atomic E-state index is 0.109. The van der Waals surface area contributed by atoms with Gasteiger partial charge in [0.1, 0.15) is 12.6 Å². The molecule has 0 aromatic heterocycles. The van der Waals surface area contributed by atoms with E-state index in [1.54, 1.807) is 12.1 Å². The molecule has 0 bridgehead atoms. The van der Waals surface area contributed by atoms with Crippen LogP contribution >= 0.6 is 0 Å². The van der Waals surface area contributed by atoms with Crippen LogP contribution in [0.2, 0.25) is 0 Å². The Hall–Kier alpha value is -4.54. The maximum absolute atomic E-state index is 13.5. The molecule has 4 rings (SSSR count). The van der Waals surface area contributed by atoms with Crippen molar-refractivity contribution in [3.8, 4) is 0 Å². The molecule has 0 saturated carbocycles. The number of aliphatic hydroxyl groups excluding tert-OH is 1. The van der Waals surface area contributed by atoms with Gasteiger partial charge in [-0.25, -0.2) is 0 Å². The summed E-state index contributed by atoms with van der Waals surface area (Å²) in [6.07, 6.45) is 4.59. The Bertz CT molecular complexity index is 1440. The van der Waals surface area contributed by atoms with Crippen LogP contribution in [-0.4, -0.2) is 67.8 Å². The van der Waals surface area contributed by atoms with Crippen molar-refractivity contribution in [1.29, 1.82) is 0 Å². The average Bonchev–Trinajstić information content (AvgIpc) is 3.03. The molecule has 0 spiro atoms. The Labute approximate surface area is 256 Å². The zero-order valence-electron chi connectivity index (χ0n) is 24.6. The smallest absolute Gasteiger partial charge is 0.309 e. The molecule has 0 aliphatic carbocycles. The molecule has 0 fully saturated rings. The summed E-state index contributed by atoms with van der Waals surface area (Å²) in [6, 6.07) is 21.6. The maximum atomic E-state index is 13.5. The van der Waals surface area contributed by atoms with Gasteiger partial charge in [-0.1, -0.05) is 72.8 Å². The topological polar surface area (TPSA) is 143 Å². The molecule has 3 atom stereocenters. The van der Waals surface area contributed by atoms with E-state index < -0.39 is 35.7 Å². The van der Waals surface area contributed by atoms with Crippen molar-refractivity contribution in [2.45, 2.75) is 31.7 Å². The number of nitrogens with one attached hydrogen (secondary N) is 3. The van der Waals surface area contributed by atoms with E-state index in [0.717, 1.165) is 16.3 Å². The largest absolute Gasteiger partial charge is 0.463 e. The first-order valence-electron chi connectivity index (χ1n) is 14.8. The van der Waals surface area contributed by atoms with E-state index in [9.17, 15) is 19.2 Å². The molecule has 0 radical (unpaired) electrons. The van der Waals surface area contributed by atoms with E-state index in [1.807, 2.05) is 72.8 Å². The standard InChI is InChI=1S/C34H39N3O7/c38-17-19-43-18-16-35-31(39)22-27-12-6-7-13-28(20-24-8-2-1-3-9-24)34(42)44-23-30(37-32(27)40)33(41)36-29-15-14-25-10-4-5-11-26(25)21-29/h1-11,14-15,21,27-28,30,38H,12-13,16-20,22-23H2,(H,35,39)(H,36,41)(H,37,40). The number of amides is 3. The van der Waals surface area contributed by atoms with Crippen molar-refractivity contribution in [3.05, 3.63) is 90.5 Å². The summed E-state index contributed by atoms with van der Waals surface area (Å²) in [6.45, 7) is 0.162. The second kappa shape index (κ2) is 16.9. The highest BCUT2D eigenvalue weighted by molar-refractivity contribution is 5.99. The third-order valence-corrected chi connectivity index (χ3v) is 7.32. The number of benzene rings is 3. The minimum atomic E-state index is -1.18. The Kier molecular flexibility index (Phi) is 12.5. The third kappa shape index (κ3) is 10.0. The Morgan fingerprint density at radius 1 is 0.909 bits per heavy atom. The molecule has 232 valence electrons. The molecular weight excluding hydrogens is 562 g/mol. The number of anilines is 1. The quantitative estimate of drug-likeness (QED) is 0.150. The Morgan fingerprint density at radius 3 is 2.41 bits per heavy atom. The lowest BCUT2D eigenvalue weighted by Gasteiger charge is -2.24. The van der Waals surface area contributed by atoms with Gasteiger partial charge in [-0.2, -0.15) is 0 Å². The van der Waals surface area contributed by atoms with E-state index in [2.05, 4.69) is 16.0 Å². The van der Waals surface area contributed by atoms with E-state index in [4.69, 9.17) is 14.6 Å². The van der Waals surface area contributed by atoms with Gasteiger partial charge in [-0.05, 0) is 47.7 Å². The van der Waals surface area contributed by atoms with Crippen LogP contribution < -0.4 is 16.0 Å². The number of carbonyl (C=O) groups is 4. The number of esters is 1. The summed E-state index contributed by atoms with van der Waals surface area (Å²) in [7, 11) is 0. The molecule has 0 saturated heterocycles. The number of cyclic esters (lactones) is 1. The van der Waals surface area contributed by atoms with Gasteiger partial charge in [0.05, 0.1) is 31.7 Å². The molecule has 3 aromatic carbocycles. The Morgan fingerprint density at radius 2 is 1.64 bits per heavy atom. The molecule has 3 unspecified atom stereocenters. The zero-order valence-corrected chi connectivity index (χ0v) is 24.6. The van der Waals surface area contributed by atoms with E-state index >= 15 is 0 Å². The van der Waals surface area contributed by atoms with Crippen LogP contribution in [0.4, 0.5) is 5.69 Å². The lowest BCUT2D eigenvalue weighted by Crippen LogP contribution is -2.49. The summed E-state index contributed by atoms with van der Waals surface area (Å²) in [5.41, 5.74) is 1.51. The summed E-state index contributed by atoms with van der Waals surface area (Å²) >= 11 is 0. The number of fused-ring (bicyclic) bond motifs is 1. The number of aliphatic hydroxyl groups is 1. The fourth-order valence-electron chi connectivity index (χ4n) is 4.94. The van der Waals surface area contributed by atoms with Crippen LogP contribution in [0, 0.1) is 11.8 Å². The lowest BCUT2D eigenvalue weighted by atomic mass is 9.94. The third-order valence-electron chi connectivity index (χ3n) is 7.32. The fourth-order valence-corrected chi connectivity index (χ4v) is 4.94. The molecule has 10 nitrogen and oxygen atoms in total. The Balaban J connectivity index is 1.50. The van der Waals surface area contributed by atoms with Crippen molar-refractivity contribution < 1.29 is 33.8 Å². The highest BCUT2D eigenvalue weighted by atomic mass is 16.5. The number of hydrogen-bond donors (Lipinski definition) is 4. The summed E-state index contributed by atoms with van der Waals surface area (Å²) in [4.78, 5) is 52.7. The van der Waals surface area contributed by atoms with E-state index in [-0.39, 0.29) is 51.7 Å².